The molecule has 218 valence electrons. The van der Waals surface area contributed by atoms with Gasteiger partial charge in [-0.25, -0.2) is 9.78 Å². The number of rotatable bonds is 6. The minimum Gasteiger partial charge on any atom is -0.444 e. The molecule has 9 nitrogen and oxygen atoms in total. The summed E-state index contributed by atoms with van der Waals surface area (Å²) in [4.78, 5) is 48.8. The highest BCUT2D eigenvalue weighted by atomic mass is 16.6. The van der Waals surface area contributed by atoms with Crippen LogP contribution in [0.2, 0.25) is 0 Å². The maximum atomic E-state index is 13.1. The van der Waals surface area contributed by atoms with Crippen LogP contribution in [0, 0.1) is 5.92 Å². The summed E-state index contributed by atoms with van der Waals surface area (Å²) in [6.07, 6.45) is 7.07. The van der Waals surface area contributed by atoms with E-state index in [1.54, 1.807) is 11.1 Å². The second-order valence-electron chi connectivity index (χ2n) is 11.6. The summed E-state index contributed by atoms with van der Waals surface area (Å²) in [6.45, 7) is 6.00. The molecule has 0 bridgehead atoms. The average molecular weight is 561 g/mol. The number of hydrogen-bond acceptors (Lipinski definition) is 7. The maximum Gasteiger partial charge on any atom is 0.410 e. The third-order valence-corrected chi connectivity index (χ3v) is 7.43. The number of carbonyl (C=O) groups excluding carboxylic acids is 3. The smallest absolute Gasteiger partial charge is 0.410 e. The van der Waals surface area contributed by atoms with Gasteiger partial charge in [0.25, 0.3) is 0 Å². The van der Waals surface area contributed by atoms with Crippen molar-refractivity contribution in [1.29, 1.82) is 0 Å². The third kappa shape index (κ3) is 7.67. The molecule has 2 aromatic heterocycles. The van der Waals surface area contributed by atoms with Gasteiger partial charge in [-0.15, -0.1) is 0 Å². The van der Waals surface area contributed by atoms with Crippen LogP contribution in [0.4, 0.5) is 10.6 Å². The summed E-state index contributed by atoms with van der Waals surface area (Å²) in [5.41, 5.74) is 2.81. The average Bonchev–Trinajstić information content (AvgIpc) is 3.67. The van der Waals surface area contributed by atoms with Crippen LogP contribution in [-0.2, 0) is 20.7 Å². The van der Waals surface area contributed by atoms with E-state index >= 15 is 0 Å². The molecule has 1 aliphatic heterocycles. The molecule has 1 aromatic carbocycles. The summed E-state index contributed by atoms with van der Waals surface area (Å²) in [6, 6.07) is 13.1. The number of nitrogens with zero attached hydrogens (tertiary/aromatic N) is 3. The highest BCUT2D eigenvalue weighted by Crippen LogP contribution is 2.28. The third-order valence-electron chi connectivity index (χ3n) is 7.43. The Labute approximate surface area is 241 Å². The summed E-state index contributed by atoms with van der Waals surface area (Å²) < 4.78 is 5.50. The van der Waals surface area contributed by atoms with Crippen LogP contribution in [0.25, 0.3) is 22.0 Å². The Morgan fingerprint density at radius 3 is 2.39 bits per heavy atom. The van der Waals surface area contributed by atoms with Crippen molar-refractivity contribution in [3.63, 3.8) is 0 Å². The Hall–Kier alpha value is -3.85. The van der Waals surface area contributed by atoms with Gasteiger partial charge in [-0.3, -0.25) is 19.5 Å². The summed E-state index contributed by atoms with van der Waals surface area (Å²) in [5, 5.41) is 10.9. The van der Waals surface area contributed by atoms with E-state index in [0.29, 0.717) is 24.5 Å². The Morgan fingerprint density at radius 2 is 1.71 bits per heavy atom. The molecule has 5 rings (SSSR count). The molecule has 2 aliphatic rings. The Bertz CT molecular complexity index is 1380. The van der Waals surface area contributed by atoms with Gasteiger partial charge in [0.1, 0.15) is 11.4 Å². The quantitative estimate of drug-likeness (QED) is 0.406. The van der Waals surface area contributed by atoms with Crippen molar-refractivity contribution in [3.8, 4) is 11.1 Å². The van der Waals surface area contributed by atoms with Crippen LogP contribution in [0.15, 0.2) is 48.7 Å². The number of ether oxygens (including phenoxy) is 1. The van der Waals surface area contributed by atoms with Gasteiger partial charge in [-0.05, 0) is 82.3 Å². The number of ketones is 1. The number of pyridine rings is 2. The SMILES string of the molecule is CC(C)(C)OC(=O)N1CCC[C@H]1C(=O)Cc1ccc2cc(-c3ccc(NC(=O)C4CCCC4)nc3)ccc2n1.CO. The highest BCUT2D eigenvalue weighted by Gasteiger charge is 2.36. The van der Waals surface area contributed by atoms with Gasteiger partial charge in [-0.1, -0.05) is 25.0 Å². The lowest BCUT2D eigenvalue weighted by molar-refractivity contribution is -0.122. The normalized spacial score (nSPS) is 17.2. The fourth-order valence-corrected chi connectivity index (χ4v) is 5.44. The first-order valence-corrected chi connectivity index (χ1v) is 14.3. The topological polar surface area (TPSA) is 122 Å². The predicted molar refractivity (Wildman–Crippen MR) is 158 cm³/mol. The highest BCUT2D eigenvalue weighted by molar-refractivity contribution is 5.92. The number of likely N-dealkylation sites (tertiary alicyclic amines) is 1. The van der Waals surface area contributed by atoms with Crippen molar-refractivity contribution in [2.45, 2.75) is 77.4 Å². The first-order valence-electron chi connectivity index (χ1n) is 14.3. The first-order chi connectivity index (χ1) is 19.7. The molecule has 0 radical (unpaired) electrons. The number of fused-ring (bicyclic) bond motifs is 1. The maximum absolute atomic E-state index is 13.1. The molecule has 1 saturated heterocycles. The Morgan fingerprint density at radius 1 is 0.976 bits per heavy atom. The number of amides is 2. The van der Waals surface area contributed by atoms with E-state index in [9.17, 15) is 14.4 Å². The first kappa shape index (κ1) is 30.1. The largest absolute Gasteiger partial charge is 0.444 e. The van der Waals surface area contributed by atoms with Crippen molar-refractivity contribution in [2.24, 2.45) is 5.92 Å². The fraction of sp³-hybridized carbons (Fsp3) is 0.469. The van der Waals surface area contributed by atoms with Crippen molar-refractivity contribution in [2.75, 3.05) is 19.0 Å². The molecular weight excluding hydrogens is 520 g/mol. The Balaban J connectivity index is 0.00000189. The van der Waals surface area contributed by atoms with Gasteiger partial charge < -0.3 is 15.2 Å². The molecule has 2 amide bonds. The van der Waals surface area contributed by atoms with Crippen LogP contribution >= 0.6 is 0 Å². The number of Topliss-reactive ketones (excluding diaryl/α,β-unsaturated/α-hetero) is 1. The monoisotopic (exact) mass is 560 g/mol. The zero-order chi connectivity index (χ0) is 29.6. The number of aromatic nitrogens is 2. The molecular formula is C32H40N4O5. The molecule has 9 heteroatoms. The van der Waals surface area contributed by atoms with E-state index in [2.05, 4.69) is 10.3 Å². The number of benzene rings is 1. The second-order valence-corrected chi connectivity index (χ2v) is 11.6. The standard InChI is InChI=1S/C31H36N4O4.CH4O/c1-31(2,3)39-30(38)35-16-6-9-26(35)27(36)18-24-13-10-22-17-21(11-14-25(22)33-24)23-12-15-28(32-19-23)34-29(37)20-7-4-5-8-20;1-2/h10-15,17,19-20,26H,4-9,16,18H2,1-3H3,(H,32,34,37);2H,1H3/t26-;/m0./s1. The number of aliphatic hydroxyl groups excluding tert-OH is 1. The van der Waals surface area contributed by atoms with Gasteiger partial charge in [-0.2, -0.15) is 0 Å². The van der Waals surface area contributed by atoms with Crippen LogP contribution in [0.1, 0.15) is 65.0 Å². The van der Waals surface area contributed by atoms with E-state index in [-0.39, 0.29) is 24.0 Å². The van der Waals surface area contributed by atoms with E-state index in [1.807, 2.05) is 63.2 Å². The van der Waals surface area contributed by atoms with E-state index in [1.165, 1.54) is 0 Å². The lowest BCUT2D eigenvalue weighted by Crippen LogP contribution is -2.43. The fourth-order valence-electron chi connectivity index (χ4n) is 5.44. The minimum absolute atomic E-state index is 0.0204. The molecule has 41 heavy (non-hydrogen) atoms. The molecule has 0 spiro atoms. The summed E-state index contributed by atoms with van der Waals surface area (Å²) in [7, 11) is 1.00. The zero-order valence-corrected chi connectivity index (χ0v) is 24.4. The van der Waals surface area contributed by atoms with Gasteiger partial charge in [0.2, 0.25) is 5.91 Å². The molecule has 2 fully saturated rings. The van der Waals surface area contributed by atoms with Crippen molar-refractivity contribution in [3.05, 3.63) is 54.4 Å². The van der Waals surface area contributed by atoms with Gasteiger partial charge in [0, 0.05) is 42.4 Å². The number of carbonyl (C=O) groups is 3. The number of aliphatic hydroxyl groups is 1. The van der Waals surface area contributed by atoms with Crippen LogP contribution < -0.4 is 5.32 Å². The zero-order valence-electron chi connectivity index (χ0n) is 24.4. The second kappa shape index (κ2) is 13.2. The molecule has 1 aliphatic carbocycles. The lowest BCUT2D eigenvalue weighted by atomic mass is 10.0. The molecule has 3 heterocycles. The van der Waals surface area contributed by atoms with E-state index in [0.717, 1.165) is 61.2 Å². The molecule has 1 atom stereocenters. The number of nitrogens with one attached hydrogen (secondary N) is 1. The number of anilines is 1. The summed E-state index contributed by atoms with van der Waals surface area (Å²) in [5.74, 6) is 0.707. The van der Waals surface area contributed by atoms with Gasteiger partial charge in [0.15, 0.2) is 5.78 Å². The van der Waals surface area contributed by atoms with Crippen molar-refractivity contribution in [1.82, 2.24) is 14.9 Å². The predicted octanol–water partition coefficient (Wildman–Crippen LogP) is 5.55. The van der Waals surface area contributed by atoms with Crippen LogP contribution in [-0.4, -0.2) is 63.1 Å². The van der Waals surface area contributed by atoms with Crippen molar-refractivity contribution < 1.29 is 24.2 Å². The van der Waals surface area contributed by atoms with Crippen molar-refractivity contribution >= 4 is 34.5 Å². The van der Waals surface area contributed by atoms with E-state index in [4.69, 9.17) is 14.8 Å². The van der Waals surface area contributed by atoms with Gasteiger partial charge >= 0.3 is 6.09 Å². The minimum atomic E-state index is -0.602. The summed E-state index contributed by atoms with van der Waals surface area (Å²) >= 11 is 0. The molecule has 3 aromatic rings. The number of hydrogen-bond donors (Lipinski definition) is 2. The molecule has 2 N–H and O–H groups in total. The Kier molecular flexibility index (Phi) is 9.70. The lowest BCUT2D eigenvalue weighted by Gasteiger charge is -2.28. The van der Waals surface area contributed by atoms with Crippen LogP contribution in [0.5, 0.6) is 0 Å². The molecule has 0 unspecified atom stereocenters. The van der Waals surface area contributed by atoms with E-state index < -0.39 is 17.7 Å². The molecule has 1 saturated carbocycles. The van der Waals surface area contributed by atoms with Crippen LogP contribution in [0.3, 0.4) is 0 Å². The van der Waals surface area contributed by atoms with Gasteiger partial charge in [0.05, 0.1) is 18.0 Å².